The topological polar surface area (TPSA) is 98.2 Å². The van der Waals surface area contributed by atoms with Crippen molar-refractivity contribution in [3.05, 3.63) is 83.4 Å². The minimum Gasteiger partial charge on any atom is -0.507 e. The van der Waals surface area contributed by atoms with Crippen molar-refractivity contribution in [2.24, 2.45) is 0 Å². The number of carbonyl (C=O) groups is 2. The van der Waals surface area contributed by atoms with Crippen molar-refractivity contribution in [3.8, 4) is 17.2 Å². The van der Waals surface area contributed by atoms with Crippen molar-refractivity contribution in [2.75, 3.05) is 26.2 Å². The van der Waals surface area contributed by atoms with Crippen LogP contribution in [0.4, 0.5) is 5.13 Å². The number of fused-ring (bicyclic) bond motifs is 1. The molecule has 0 spiro atoms. The molecular formula is C27H22N2O6S. The molecule has 0 radical (unpaired) electrons. The highest BCUT2D eigenvalue weighted by molar-refractivity contribution is 7.22. The molecule has 1 unspecified atom stereocenters. The lowest BCUT2D eigenvalue weighted by atomic mass is 9.95. The third kappa shape index (κ3) is 3.93. The average Bonchev–Trinajstić information content (AvgIpc) is 3.45. The molecule has 1 saturated heterocycles. The summed E-state index contributed by atoms with van der Waals surface area (Å²) >= 11 is 1.27. The molecule has 0 aliphatic carbocycles. The second kappa shape index (κ2) is 9.35. The SMILES string of the molecule is COc1ccc(C(O)=C2C(=O)C(=O)N(c3nc4ccc(OC)cc4s3)C2c2ccc(OC)cc2)cc1. The largest absolute Gasteiger partial charge is 0.507 e. The molecule has 1 aliphatic rings. The molecule has 1 aromatic heterocycles. The Labute approximate surface area is 211 Å². The highest BCUT2D eigenvalue weighted by Crippen LogP contribution is 2.45. The van der Waals surface area contributed by atoms with Crippen molar-refractivity contribution in [1.82, 2.24) is 4.98 Å². The van der Waals surface area contributed by atoms with Gasteiger partial charge in [0.05, 0.1) is 43.2 Å². The van der Waals surface area contributed by atoms with Gasteiger partial charge < -0.3 is 19.3 Å². The fourth-order valence-electron chi connectivity index (χ4n) is 4.16. The molecular weight excluding hydrogens is 480 g/mol. The maximum absolute atomic E-state index is 13.4. The van der Waals surface area contributed by atoms with Gasteiger partial charge in [0.1, 0.15) is 23.0 Å². The van der Waals surface area contributed by atoms with Crippen LogP contribution in [-0.4, -0.2) is 43.1 Å². The first-order valence-electron chi connectivity index (χ1n) is 11.0. The molecule has 182 valence electrons. The molecule has 0 saturated carbocycles. The Bertz CT molecular complexity index is 1490. The van der Waals surface area contributed by atoms with Gasteiger partial charge >= 0.3 is 5.91 Å². The summed E-state index contributed by atoms with van der Waals surface area (Å²) in [5, 5.41) is 11.6. The van der Waals surface area contributed by atoms with Crippen molar-refractivity contribution in [3.63, 3.8) is 0 Å². The van der Waals surface area contributed by atoms with Crippen LogP contribution >= 0.6 is 11.3 Å². The summed E-state index contributed by atoms with van der Waals surface area (Å²) < 4.78 is 16.6. The lowest BCUT2D eigenvalue weighted by Crippen LogP contribution is -2.29. The number of methoxy groups -OCH3 is 3. The maximum atomic E-state index is 13.4. The van der Waals surface area contributed by atoms with Crippen molar-refractivity contribution < 1.29 is 28.9 Å². The Hall–Kier alpha value is -4.37. The van der Waals surface area contributed by atoms with E-state index < -0.39 is 17.7 Å². The number of rotatable bonds is 6. The van der Waals surface area contributed by atoms with Crippen LogP contribution in [0.15, 0.2) is 72.3 Å². The van der Waals surface area contributed by atoms with E-state index in [1.807, 2.05) is 6.07 Å². The van der Waals surface area contributed by atoms with E-state index in [1.165, 1.54) is 23.3 Å². The number of hydrogen-bond acceptors (Lipinski definition) is 8. The quantitative estimate of drug-likeness (QED) is 0.226. The van der Waals surface area contributed by atoms with Crippen LogP contribution < -0.4 is 19.1 Å². The summed E-state index contributed by atoms with van der Waals surface area (Å²) in [5.74, 6) is 0.0486. The van der Waals surface area contributed by atoms with Gasteiger partial charge in [0, 0.05) is 5.56 Å². The molecule has 1 amide bonds. The van der Waals surface area contributed by atoms with Crippen LogP contribution in [0.1, 0.15) is 17.2 Å². The van der Waals surface area contributed by atoms with E-state index in [9.17, 15) is 14.7 Å². The molecule has 3 aromatic carbocycles. The summed E-state index contributed by atoms with van der Waals surface area (Å²) in [6.07, 6.45) is 0. The van der Waals surface area contributed by atoms with Gasteiger partial charge in [0.15, 0.2) is 5.13 Å². The van der Waals surface area contributed by atoms with Gasteiger partial charge in [-0.05, 0) is 60.2 Å². The lowest BCUT2D eigenvalue weighted by Gasteiger charge is -2.23. The molecule has 9 heteroatoms. The minimum absolute atomic E-state index is 0.0211. The summed E-state index contributed by atoms with van der Waals surface area (Å²) in [7, 11) is 4.67. The highest BCUT2D eigenvalue weighted by atomic mass is 32.1. The predicted octanol–water partition coefficient (Wildman–Crippen LogP) is 4.95. The first-order chi connectivity index (χ1) is 17.4. The molecule has 0 bridgehead atoms. The molecule has 1 N–H and O–H groups in total. The Kier molecular flexibility index (Phi) is 6.07. The number of benzene rings is 3. The zero-order valence-corrected chi connectivity index (χ0v) is 20.5. The fourth-order valence-corrected chi connectivity index (χ4v) is 5.18. The predicted molar refractivity (Wildman–Crippen MR) is 137 cm³/mol. The number of aromatic nitrogens is 1. The van der Waals surface area contributed by atoms with Gasteiger partial charge in [-0.1, -0.05) is 23.5 Å². The van der Waals surface area contributed by atoms with E-state index in [1.54, 1.807) is 74.9 Å². The number of thiazole rings is 1. The lowest BCUT2D eigenvalue weighted by molar-refractivity contribution is -0.132. The number of ether oxygens (including phenoxy) is 3. The van der Waals surface area contributed by atoms with E-state index in [-0.39, 0.29) is 11.3 Å². The standard InChI is InChI=1S/C27H22N2O6S/c1-33-17-8-4-15(5-9-17)23-22(24(30)16-6-10-18(34-2)11-7-16)25(31)26(32)29(23)27-28-20-13-12-19(35-3)14-21(20)36-27/h4-14,23,30H,1-3H3. The van der Waals surface area contributed by atoms with Crippen molar-refractivity contribution >= 4 is 44.1 Å². The number of anilines is 1. The molecule has 1 atom stereocenters. The van der Waals surface area contributed by atoms with Gasteiger partial charge in [0.25, 0.3) is 5.78 Å². The van der Waals surface area contributed by atoms with Gasteiger partial charge in [0.2, 0.25) is 0 Å². The first kappa shape index (κ1) is 23.4. The zero-order chi connectivity index (χ0) is 25.4. The molecule has 8 nitrogen and oxygen atoms in total. The smallest absolute Gasteiger partial charge is 0.301 e. The van der Waals surface area contributed by atoms with E-state index in [4.69, 9.17) is 14.2 Å². The molecule has 4 aromatic rings. The van der Waals surface area contributed by atoms with E-state index in [2.05, 4.69) is 4.98 Å². The highest BCUT2D eigenvalue weighted by Gasteiger charge is 2.48. The molecule has 1 aliphatic heterocycles. The number of ketones is 1. The number of carbonyl (C=O) groups excluding carboxylic acids is 2. The van der Waals surface area contributed by atoms with Gasteiger partial charge in [-0.3, -0.25) is 14.5 Å². The van der Waals surface area contributed by atoms with Crippen molar-refractivity contribution in [1.29, 1.82) is 0 Å². The Morgan fingerprint density at radius 1 is 0.861 bits per heavy atom. The normalized spacial score (nSPS) is 17.0. The van der Waals surface area contributed by atoms with E-state index in [0.717, 1.165) is 4.70 Å². The Morgan fingerprint density at radius 3 is 2.06 bits per heavy atom. The number of aliphatic hydroxyl groups excluding tert-OH is 1. The zero-order valence-electron chi connectivity index (χ0n) is 19.7. The third-order valence-electron chi connectivity index (χ3n) is 6.03. The maximum Gasteiger partial charge on any atom is 0.301 e. The summed E-state index contributed by atoms with van der Waals surface area (Å²) in [5.41, 5.74) is 1.66. The van der Waals surface area contributed by atoms with Crippen LogP contribution in [0.2, 0.25) is 0 Å². The minimum atomic E-state index is -0.888. The van der Waals surface area contributed by atoms with Crippen LogP contribution in [0.25, 0.3) is 16.0 Å². The van der Waals surface area contributed by atoms with Crippen LogP contribution in [0.3, 0.4) is 0 Å². The summed E-state index contributed by atoms with van der Waals surface area (Å²) in [6, 6.07) is 18.1. The fraction of sp³-hybridized carbons (Fsp3) is 0.148. The number of aliphatic hydroxyl groups is 1. The monoisotopic (exact) mass is 502 g/mol. The molecule has 36 heavy (non-hydrogen) atoms. The second-order valence-electron chi connectivity index (χ2n) is 8.00. The van der Waals surface area contributed by atoms with Gasteiger partial charge in [-0.15, -0.1) is 0 Å². The summed E-state index contributed by atoms with van der Waals surface area (Å²) in [4.78, 5) is 32.7. The average molecular weight is 503 g/mol. The number of amides is 1. The molecule has 1 fully saturated rings. The van der Waals surface area contributed by atoms with Gasteiger partial charge in [-0.25, -0.2) is 4.98 Å². The van der Waals surface area contributed by atoms with Crippen LogP contribution in [0, 0.1) is 0 Å². The van der Waals surface area contributed by atoms with E-state index in [0.29, 0.717) is 39.0 Å². The third-order valence-corrected chi connectivity index (χ3v) is 7.05. The number of nitrogens with zero attached hydrogens (tertiary/aromatic N) is 2. The summed E-state index contributed by atoms with van der Waals surface area (Å²) in [6.45, 7) is 0. The number of Topliss-reactive ketones (excluding diaryl/α,β-unsaturated/α-hetero) is 1. The van der Waals surface area contributed by atoms with E-state index >= 15 is 0 Å². The first-order valence-corrected chi connectivity index (χ1v) is 11.8. The van der Waals surface area contributed by atoms with Crippen LogP contribution in [0.5, 0.6) is 17.2 Å². The Morgan fingerprint density at radius 2 is 1.44 bits per heavy atom. The second-order valence-corrected chi connectivity index (χ2v) is 9.01. The number of hydrogen-bond donors (Lipinski definition) is 1. The van der Waals surface area contributed by atoms with Crippen LogP contribution in [-0.2, 0) is 9.59 Å². The molecule has 5 rings (SSSR count). The van der Waals surface area contributed by atoms with Gasteiger partial charge in [-0.2, -0.15) is 0 Å². The van der Waals surface area contributed by atoms with Crippen molar-refractivity contribution in [2.45, 2.75) is 6.04 Å². The Balaban J connectivity index is 1.69. The molecule has 2 heterocycles.